The molecular formula is C27H35FN4O6. The lowest BCUT2D eigenvalue weighted by atomic mass is 9.97. The van der Waals surface area contributed by atoms with Crippen LogP contribution in [0.5, 0.6) is 0 Å². The fourth-order valence-corrected chi connectivity index (χ4v) is 4.34. The third kappa shape index (κ3) is 7.37. The second-order valence-electron chi connectivity index (χ2n) is 10.2. The van der Waals surface area contributed by atoms with Gasteiger partial charge in [0.05, 0.1) is 25.3 Å². The molecule has 2 heterocycles. The van der Waals surface area contributed by atoms with Gasteiger partial charge >= 0.3 is 12.1 Å². The van der Waals surface area contributed by atoms with Crippen LogP contribution < -0.4 is 10.2 Å². The summed E-state index contributed by atoms with van der Waals surface area (Å²) in [7, 11) is 0. The minimum Gasteiger partial charge on any atom is -0.466 e. The zero-order chi connectivity index (χ0) is 28.0. The minimum atomic E-state index is -0.853. The summed E-state index contributed by atoms with van der Waals surface area (Å²) in [6, 6.07) is 2.04. The first kappa shape index (κ1) is 28.8. The van der Waals surface area contributed by atoms with Gasteiger partial charge in [0.25, 0.3) is 5.91 Å². The highest BCUT2D eigenvalue weighted by Crippen LogP contribution is 2.29. The maximum atomic E-state index is 15.0. The molecule has 1 fully saturated rings. The summed E-state index contributed by atoms with van der Waals surface area (Å²) >= 11 is 0. The molecule has 0 aliphatic carbocycles. The van der Waals surface area contributed by atoms with Gasteiger partial charge in [-0.3, -0.25) is 14.4 Å². The van der Waals surface area contributed by atoms with Crippen LogP contribution in [0.4, 0.5) is 14.9 Å². The number of benzene rings is 1. The zero-order valence-electron chi connectivity index (χ0n) is 22.3. The average molecular weight is 531 g/mol. The second kappa shape index (κ2) is 12.2. The molecule has 2 aliphatic rings. The fourth-order valence-electron chi connectivity index (χ4n) is 4.34. The summed E-state index contributed by atoms with van der Waals surface area (Å²) in [6.07, 6.45) is 5.22. The van der Waals surface area contributed by atoms with Crippen molar-refractivity contribution in [3.63, 3.8) is 0 Å². The SMILES string of the molecule is C#C[C@H](CC(=O)OCC)NC(=O)CN1CCc2cc(F)c(N3CCN(C(=O)OC(C)(C)C)CC3)cc2C1=O. The third-order valence-corrected chi connectivity index (χ3v) is 6.16. The van der Waals surface area contributed by atoms with E-state index >= 15 is 4.39 Å². The molecule has 1 aromatic rings. The van der Waals surface area contributed by atoms with Crippen molar-refractivity contribution in [3.8, 4) is 12.3 Å². The van der Waals surface area contributed by atoms with E-state index in [1.54, 1.807) is 37.5 Å². The standard InChI is InChI=1S/C27H35FN4O6/c1-6-19(15-24(34)37-7-2)29-23(33)17-32-9-8-18-14-21(28)22(16-20(18)25(32)35)30-10-12-31(13-11-30)26(36)38-27(3,4)5/h1,14,16,19H,7-13,15,17H2,2-5H3,(H,29,33)/t19-/m1/s1. The Bertz CT molecular complexity index is 1120. The topological polar surface area (TPSA) is 108 Å². The highest BCUT2D eigenvalue weighted by molar-refractivity contribution is 5.99. The quantitative estimate of drug-likeness (QED) is 0.424. The van der Waals surface area contributed by atoms with E-state index in [0.29, 0.717) is 43.7 Å². The van der Waals surface area contributed by atoms with Crippen LogP contribution in [-0.4, -0.2) is 91.2 Å². The van der Waals surface area contributed by atoms with Gasteiger partial charge in [0.1, 0.15) is 17.5 Å². The first-order chi connectivity index (χ1) is 17.9. The van der Waals surface area contributed by atoms with Gasteiger partial charge in [0.15, 0.2) is 0 Å². The predicted octanol–water partition coefficient (Wildman–Crippen LogP) is 1.95. The molecule has 10 nitrogen and oxygen atoms in total. The number of carbonyl (C=O) groups excluding carboxylic acids is 4. The molecule has 11 heteroatoms. The highest BCUT2D eigenvalue weighted by Gasteiger charge is 2.31. The monoisotopic (exact) mass is 530 g/mol. The van der Waals surface area contributed by atoms with Gasteiger partial charge in [-0.1, -0.05) is 5.92 Å². The van der Waals surface area contributed by atoms with Gasteiger partial charge in [-0.15, -0.1) is 6.42 Å². The van der Waals surface area contributed by atoms with E-state index in [2.05, 4.69) is 11.2 Å². The van der Waals surface area contributed by atoms with Crippen molar-refractivity contribution in [1.29, 1.82) is 0 Å². The van der Waals surface area contributed by atoms with Gasteiger partial charge in [-0.05, 0) is 51.8 Å². The molecule has 0 bridgehead atoms. The summed E-state index contributed by atoms with van der Waals surface area (Å²) < 4.78 is 25.3. The van der Waals surface area contributed by atoms with E-state index in [4.69, 9.17) is 15.9 Å². The van der Waals surface area contributed by atoms with E-state index < -0.39 is 41.3 Å². The Morgan fingerprint density at radius 2 is 1.84 bits per heavy atom. The summed E-state index contributed by atoms with van der Waals surface area (Å²) in [6.45, 7) is 8.72. The molecule has 2 aliphatic heterocycles. The molecule has 0 aromatic heterocycles. The number of nitrogens with one attached hydrogen (secondary N) is 1. The number of anilines is 1. The number of hydrogen-bond acceptors (Lipinski definition) is 7. The zero-order valence-corrected chi connectivity index (χ0v) is 22.3. The average Bonchev–Trinajstić information content (AvgIpc) is 2.84. The summed E-state index contributed by atoms with van der Waals surface area (Å²) in [5.74, 6) is 0.478. The predicted molar refractivity (Wildman–Crippen MR) is 138 cm³/mol. The van der Waals surface area contributed by atoms with E-state index in [0.717, 1.165) is 0 Å². The number of hydrogen-bond donors (Lipinski definition) is 1. The van der Waals surface area contributed by atoms with Gasteiger partial charge in [0, 0.05) is 38.3 Å². The number of nitrogens with zero attached hydrogens (tertiary/aromatic N) is 3. The highest BCUT2D eigenvalue weighted by atomic mass is 19.1. The summed E-state index contributed by atoms with van der Waals surface area (Å²) in [5.41, 5.74) is 0.568. The van der Waals surface area contributed by atoms with Gasteiger partial charge < -0.3 is 29.5 Å². The molecule has 0 saturated carbocycles. The van der Waals surface area contributed by atoms with Crippen LogP contribution in [0.25, 0.3) is 0 Å². The lowest BCUT2D eigenvalue weighted by Crippen LogP contribution is -2.50. The number of amides is 3. The van der Waals surface area contributed by atoms with E-state index in [9.17, 15) is 19.2 Å². The van der Waals surface area contributed by atoms with Gasteiger partial charge in [-0.25, -0.2) is 9.18 Å². The Balaban J connectivity index is 1.64. The Hall–Kier alpha value is -3.81. The van der Waals surface area contributed by atoms with Crippen molar-refractivity contribution in [3.05, 3.63) is 29.1 Å². The first-order valence-corrected chi connectivity index (χ1v) is 12.7. The number of piperazine rings is 1. The molecule has 0 radical (unpaired) electrons. The van der Waals surface area contributed by atoms with Crippen LogP contribution in [0.15, 0.2) is 12.1 Å². The molecule has 206 valence electrons. The van der Waals surface area contributed by atoms with Crippen molar-refractivity contribution >= 4 is 29.6 Å². The largest absolute Gasteiger partial charge is 0.466 e. The molecular weight excluding hydrogens is 495 g/mol. The van der Waals surface area contributed by atoms with Gasteiger partial charge in [-0.2, -0.15) is 0 Å². The molecule has 38 heavy (non-hydrogen) atoms. The fraction of sp³-hybridized carbons (Fsp3) is 0.556. The van der Waals surface area contributed by atoms with Crippen LogP contribution in [0.2, 0.25) is 0 Å². The maximum Gasteiger partial charge on any atom is 0.410 e. The summed E-state index contributed by atoms with van der Waals surface area (Å²) in [4.78, 5) is 54.5. The van der Waals surface area contributed by atoms with Crippen LogP contribution in [-0.2, 0) is 25.5 Å². The van der Waals surface area contributed by atoms with Crippen molar-refractivity contribution in [1.82, 2.24) is 15.1 Å². The van der Waals surface area contributed by atoms with Crippen molar-refractivity contribution in [2.24, 2.45) is 0 Å². The second-order valence-corrected chi connectivity index (χ2v) is 10.2. The third-order valence-electron chi connectivity index (χ3n) is 6.16. The molecule has 1 aromatic carbocycles. The Morgan fingerprint density at radius 1 is 1.16 bits per heavy atom. The van der Waals surface area contributed by atoms with Crippen LogP contribution >= 0.6 is 0 Å². The first-order valence-electron chi connectivity index (χ1n) is 12.7. The molecule has 1 N–H and O–H groups in total. The molecule has 3 rings (SSSR count). The van der Waals surface area contributed by atoms with Crippen LogP contribution in [0, 0.1) is 18.2 Å². The Labute approximate surface area is 222 Å². The Morgan fingerprint density at radius 3 is 2.45 bits per heavy atom. The summed E-state index contributed by atoms with van der Waals surface area (Å²) in [5, 5.41) is 2.57. The minimum absolute atomic E-state index is 0.170. The van der Waals surface area contributed by atoms with E-state index in [1.165, 1.54) is 17.0 Å². The Kier molecular flexibility index (Phi) is 9.20. The van der Waals surface area contributed by atoms with Crippen molar-refractivity contribution in [2.45, 2.75) is 52.2 Å². The number of carbonyl (C=O) groups is 4. The molecule has 0 spiro atoms. The lowest BCUT2D eigenvalue weighted by Gasteiger charge is -2.37. The molecule has 1 saturated heterocycles. The maximum absolute atomic E-state index is 15.0. The van der Waals surface area contributed by atoms with Crippen LogP contribution in [0.3, 0.4) is 0 Å². The normalized spacial score (nSPS) is 16.3. The smallest absolute Gasteiger partial charge is 0.410 e. The van der Waals surface area contributed by atoms with Crippen LogP contribution in [0.1, 0.15) is 50.0 Å². The van der Waals surface area contributed by atoms with Crippen molar-refractivity contribution < 1.29 is 33.0 Å². The molecule has 3 amide bonds. The number of fused-ring (bicyclic) bond motifs is 1. The van der Waals surface area contributed by atoms with E-state index in [1.807, 2.05) is 0 Å². The number of halogens is 1. The number of rotatable bonds is 7. The number of ether oxygens (including phenoxy) is 2. The molecule has 1 atom stereocenters. The van der Waals surface area contributed by atoms with E-state index in [-0.39, 0.29) is 31.8 Å². The number of terminal acetylenes is 1. The number of esters is 1. The van der Waals surface area contributed by atoms with Crippen molar-refractivity contribution in [2.75, 3.05) is 50.8 Å². The lowest BCUT2D eigenvalue weighted by molar-refractivity contribution is -0.143. The van der Waals surface area contributed by atoms with Gasteiger partial charge in [0.2, 0.25) is 5.91 Å². The molecule has 0 unspecified atom stereocenters.